The summed E-state index contributed by atoms with van der Waals surface area (Å²) < 4.78 is 0.973. The van der Waals surface area contributed by atoms with Crippen molar-refractivity contribution < 1.29 is 33.3 Å². The van der Waals surface area contributed by atoms with Gasteiger partial charge in [-0.1, -0.05) is 71.1 Å². The molecule has 0 aromatic heterocycles. The van der Waals surface area contributed by atoms with Crippen LogP contribution < -0.4 is 24.0 Å². The van der Waals surface area contributed by atoms with Crippen LogP contribution in [0.3, 0.4) is 0 Å². The second-order valence-electron chi connectivity index (χ2n) is 8.47. The highest BCUT2D eigenvalue weighted by molar-refractivity contribution is 5.75. The first-order valence-electron chi connectivity index (χ1n) is 10.4. The molecule has 25 heavy (non-hydrogen) atoms. The highest BCUT2D eigenvalue weighted by atomic mass is 127. The van der Waals surface area contributed by atoms with Crippen LogP contribution >= 0.6 is 0 Å². The molecule has 0 spiro atoms. The zero-order valence-corrected chi connectivity index (χ0v) is 19.9. The van der Waals surface area contributed by atoms with E-state index in [9.17, 15) is 4.79 Å². The van der Waals surface area contributed by atoms with Crippen molar-refractivity contribution >= 4 is 5.91 Å². The Kier molecular flexibility index (Phi) is 19.2. The van der Waals surface area contributed by atoms with Crippen molar-refractivity contribution in [2.45, 2.75) is 90.4 Å². The van der Waals surface area contributed by atoms with Crippen LogP contribution in [0.2, 0.25) is 0 Å². The average molecular weight is 469 g/mol. The van der Waals surface area contributed by atoms with E-state index < -0.39 is 0 Å². The lowest BCUT2D eigenvalue weighted by Gasteiger charge is -2.25. The maximum absolute atomic E-state index is 12.1. The van der Waals surface area contributed by atoms with Gasteiger partial charge in [0.05, 0.1) is 27.7 Å². The lowest BCUT2D eigenvalue weighted by Crippen LogP contribution is -3.00. The highest BCUT2D eigenvalue weighted by Gasteiger charge is 2.11. The molecule has 0 aliphatic heterocycles. The summed E-state index contributed by atoms with van der Waals surface area (Å²) in [6.07, 6.45) is 16.5. The van der Waals surface area contributed by atoms with E-state index in [1.165, 1.54) is 64.2 Å². The van der Waals surface area contributed by atoms with Crippen molar-refractivity contribution in [3.05, 3.63) is 0 Å². The maximum Gasteiger partial charge on any atom is 0.222 e. The summed E-state index contributed by atoms with van der Waals surface area (Å²) in [5.74, 6) is 0.326. The molecule has 0 radical (unpaired) electrons. The van der Waals surface area contributed by atoms with E-state index in [0.717, 1.165) is 36.8 Å². The Bertz CT molecular complexity index is 303. The molecule has 0 aliphatic carbocycles. The van der Waals surface area contributed by atoms with E-state index in [-0.39, 0.29) is 24.0 Å². The van der Waals surface area contributed by atoms with E-state index in [2.05, 4.69) is 28.1 Å². The zero-order chi connectivity index (χ0) is 18.3. The average Bonchev–Trinajstić information content (AvgIpc) is 2.51. The normalized spacial score (nSPS) is 11.2. The van der Waals surface area contributed by atoms with Gasteiger partial charge in [-0.25, -0.2) is 0 Å². The summed E-state index contributed by atoms with van der Waals surface area (Å²) in [5.41, 5.74) is 0. The molecule has 0 fully saturated rings. The smallest absolute Gasteiger partial charge is 0.222 e. The second kappa shape index (κ2) is 17.6. The summed E-state index contributed by atoms with van der Waals surface area (Å²) in [5, 5.41) is 0. The maximum atomic E-state index is 12.1. The lowest BCUT2D eigenvalue weighted by atomic mass is 10.1. The quantitative estimate of drug-likeness (QED) is 0.193. The van der Waals surface area contributed by atoms with Gasteiger partial charge in [-0.2, -0.15) is 0 Å². The summed E-state index contributed by atoms with van der Waals surface area (Å²) in [7, 11) is 8.56. The van der Waals surface area contributed by atoms with Crippen LogP contribution in [0, 0.1) is 0 Å². The fourth-order valence-corrected chi connectivity index (χ4v) is 3.04. The SMILES string of the molecule is CCCCCCCCCCCCCC(=O)N(C)CCC[N+](C)(C)C.[I-]. The fourth-order valence-electron chi connectivity index (χ4n) is 3.04. The van der Waals surface area contributed by atoms with Crippen LogP contribution in [0.1, 0.15) is 90.4 Å². The number of halogens is 1. The van der Waals surface area contributed by atoms with Gasteiger partial charge in [0.15, 0.2) is 0 Å². The van der Waals surface area contributed by atoms with Gasteiger partial charge in [-0.15, -0.1) is 0 Å². The first-order chi connectivity index (χ1) is 11.4. The molecule has 0 unspecified atom stereocenters. The predicted octanol–water partition coefficient (Wildman–Crippen LogP) is 2.25. The Morgan fingerprint density at radius 2 is 1.20 bits per heavy atom. The van der Waals surface area contributed by atoms with Crippen LogP contribution in [0.5, 0.6) is 0 Å². The number of amides is 1. The molecule has 0 saturated carbocycles. The van der Waals surface area contributed by atoms with Gasteiger partial charge in [0.2, 0.25) is 5.91 Å². The largest absolute Gasteiger partial charge is 1.00 e. The summed E-state index contributed by atoms with van der Waals surface area (Å²) in [6.45, 7) is 4.29. The number of hydrogen-bond donors (Lipinski definition) is 0. The number of carbonyl (C=O) groups excluding carboxylic acids is 1. The molecule has 152 valence electrons. The Hall–Kier alpha value is 0.160. The fraction of sp³-hybridized carbons (Fsp3) is 0.952. The molecule has 0 bridgehead atoms. The van der Waals surface area contributed by atoms with E-state index in [1.54, 1.807) is 0 Å². The molecule has 0 saturated heterocycles. The topological polar surface area (TPSA) is 20.3 Å². The zero-order valence-electron chi connectivity index (χ0n) is 17.8. The van der Waals surface area contributed by atoms with Crippen LogP contribution in [-0.2, 0) is 4.79 Å². The van der Waals surface area contributed by atoms with Gasteiger partial charge in [-0.3, -0.25) is 4.79 Å². The van der Waals surface area contributed by atoms with Gasteiger partial charge < -0.3 is 33.4 Å². The van der Waals surface area contributed by atoms with E-state index in [1.807, 2.05) is 11.9 Å². The Balaban J connectivity index is 0. The molecular formula is C21H45IN2O. The van der Waals surface area contributed by atoms with Crippen molar-refractivity contribution in [1.29, 1.82) is 0 Å². The third kappa shape index (κ3) is 20.3. The van der Waals surface area contributed by atoms with Crippen LogP contribution in [0.4, 0.5) is 0 Å². The minimum Gasteiger partial charge on any atom is -1.00 e. The van der Waals surface area contributed by atoms with Crippen molar-refractivity contribution in [3.63, 3.8) is 0 Å². The van der Waals surface area contributed by atoms with Gasteiger partial charge in [0, 0.05) is 26.4 Å². The van der Waals surface area contributed by atoms with E-state index in [4.69, 9.17) is 0 Å². The van der Waals surface area contributed by atoms with Crippen molar-refractivity contribution in [2.24, 2.45) is 0 Å². The molecule has 0 N–H and O–H groups in total. The minimum absolute atomic E-state index is 0. The van der Waals surface area contributed by atoms with Crippen molar-refractivity contribution in [2.75, 3.05) is 41.3 Å². The summed E-state index contributed by atoms with van der Waals surface area (Å²) in [4.78, 5) is 14.0. The molecule has 0 heterocycles. The molecule has 0 aromatic rings. The highest BCUT2D eigenvalue weighted by Crippen LogP contribution is 2.12. The third-order valence-electron chi connectivity index (χ3n) is 4.74. The Morgan fingerprint density at radius 1 is 0.760 bits per heavy atom. The van der Waals surface area contributed by atoms with Gasteiger partial charge in [-0.05, 0) is 6.42 Å². The predicted molar refractivity (Wildman–Crippen MR) is 106 cm³/mol. The van der Waals surface area contributed by atoms with Crippen LogP contribution in [-0.4, -0.2) is 56.6 Å². The molecule has 0 aromatic carbocycles. The van der Waals surface area contributed by atoms with Crippen molar-refractivity contribution in [3.8, 4) is 0 Å². The van der Waals surface area contributed by atoms with Crippen molar-refractivity contribution in [1.82, 2.24) is 4.90 Å². The molecule has 1 amide bonds. The molecular weight excluding hydrogens is 423 g/mol. The third-order valence-corrected chi connectivity index (χ3v) is 4.74. The van der Waals surface area contributed by atoms with E-state index in [0.29, 0.717) is 5.91 Å². The molecule has 0 atom stereocenters. The first kappa shape index (κ1) is 27.4. The Morgan fingerprint density at radius 3 is 1.64 bits per heavy atom. The number of rotatable bonds is 16. The number of nitrogens with zero attached hydrogens (tertiary/aromatic N) is 2. The van der Waals surface area contributed by atoms with Crippen LogP contribution in [0.15, 0.2) is 0 Å². The lowest BCUT2D eigenvalue weighted by molar-refractivity contribution is -0.870. The van der Waals surface area contributed by atoms with Gasteiger partial charge >= 0.3 is 0 Å². The Labute approximate surface area is 175 Å². The van der Waals surface area contributed by atoms with Gasteiger partial charge in [0.1, 0.15) is 0 Å². The molecule has 0 aliphatic rings. The minimum atomic E-state index is 0. The van der Waals surface area contributed by atoms with E-state index >= 15 is 0 Å². The number of unbranched alkanes of at least 4 members (excludes halogenated alkanes) is 10. The van der Waals surface area contributed by atoms with Crippen LogP contribution in [0.25, 0.3) is 0 Å². The standard InChI is InChI=1S/C21H45N2O.HI/c1-6-7-8-9-10-11-12-13-14-15-16-18-21(24)22(2)19-17-20-23(3,4)5;/h6-20H2,1-5H3;1H/q+1;/p-1. The van der Waals surface area contributed by atoms with Gasteiger partial charge in [0.25, 0.3) is 0 Å². The summed E-state index contributed by atoms with van der Waals surface area (Å²) >= 11 is 0. The molecule has 3 nitrogen and oxygen atoms in total. The number of carbonyl (C=O) groups is 1. The number of hydrogen-bond acceptors (Lipinski definition) is 1. The molecule has 0 rings (SSSR count). The summed E-state index contributed by atoms with van der Waals surface area (Å²) in [6, 6.07) is 0. The second-order valence-corrected chi connectivity index (χ2v) is 8.47. The first-order valence-corrected chi connectivity index (χ1v) is 10.4. The number of quaternary nitrogens is 1. The monoisotopic (exact) mass is 468 g/mol. The molecule has 4 heteroatoms.